The highest BCUT2D eigenvalue weighted by atomic mass is 16.4. The first kappa shape index (κ1) is 13.1. The van der Waals surface area contributed by atoms with Crippen LogP contribution in [0.15, 0.2) is 30.3 Å². The second-order valence-electron chi connectivity index (χ2n) is 2.67. The van der Waals surface area contributed by atoms with Crippen LogP contribution in [0.1, 0.15) is 18.6 Å². The first-order valence-electron chi connectivity index (χ1n) is 4.10. The molecule has 0 saturated carbocycles. The summed E-state index contributed by atoms with van der Waals surface area (Å²) in [6.45, 7) is 1.08. The second kappa shape index (κ2) is 6.56. The number of hydrogen-bond acceptors (Lipinski definition) is 3. The molecule has 82 valence electrons. The van der Waals surface area contributed by atoms with E-state index in [0.717, 1.165) is 6.92 Å². The van der Waals surface area contributed by atoms with Gasteiger partial charge >= 0.3 is 5.97 Å². The summed E-state index contributed by atoms with van der Waals surface area (Å²) >= 11 is 0. The monoisotopic (exact) mass is 212 g/mol. The zero-order valence-corrected chi connectivity index (χ0v) is 8.12. The lowest BCUT2D eigenvalue weighted by Gasteiger charge is -2.03. The fourth-order valence-corrected chi connectivity index (χ4v) is 0.778. The third-order valence-corrected chi connectivity index (χ3v) is 1.35. The molecule has 0 spiro atoms. The Kier molecular flexibility index (Phi) is 5.73. The van der Waals surface area contributed by atoms with E-state index in [1.54, 1.807) is 30.3 Å². The number of benzene rings is 1. The van der Waals surface area contributed by atoms with Crippen LogP contribution in [0.25, 0.3) is 0 Å². The molecule has 0 fully saturated rings. The van der Waals surface area contributed by atoms with Gasteiger partial charge in [-0.15, -0.1) is 0 Å². The summed E-state index contributed by atoms with van der Waals surface area (Å²) in [6.07, 6.45) is -1.41. The molecule has 1 unspecified atom stereocenters. The molecule has 0 amide bonds. The Balaban J connectivity index is 0.000000423. The first-order valence-corrected chi connectivity index (χ1v) is 4.10. The third kappa shape index (κ3) is 6.23. The third-order valence-electron chi connectivity index (χ3n) is 1.35. The second-order valence-corrected chi connectivity index (χ2v) is 2.67. The van der Waals surface area contributed by atoms with Crippen molar-refractivity contribution in [3.63, 3.8) is 0 Å². The zero-order chi connectivity index (χ0) is 11.8. The highest BCUT2D eigenvalue weighted by molar-refractivity contribution is 5.73. The van der Waals surface area contributed by atoms with Crippen LogP contribution in [0.4, 0.5) is 0 Å². The van der Waals surface area contributed by atoms with Gasteiger partial charge in [0.1, 0.15) is 0 Å². The van der Waals surface area contributed by atoms with Gasteiger partial charge in [0, 0.05) is 6.92 Å². The SMILES string of the molecule is CC(=O)O.O=C(O)C(O)c1ccccc1. The van der Waals surface area contributed by atoms with E-state index >= 15 is 0 Å². The summed E-state index contributed by atoms with van der Waals surface area (Å²) in [5, 5.41) is 24.8. The molecule has 15 heavy (non-hydrogen) atoms. The van der Waals surface area contributed by atoms with Crippen molar-refractivity contribution in [1.29, 1.82) is 0 Å². The quantitative estimate of drug-likeness (QED) is 0.676. The molecule has 1 aromatic rings. The molecular formula is C10H12O5. The van der Waals surface area contributed by atoms with Crippen molar-refractivity contribution in [2.75, 3.05) is 0 Å². The van der Waals surface area contributed by atoms with Gasteiger partial charge in [0.15, 0.2) is 6.10 Å². The van der Waals surface area contributed by atoms with Gasteiger partial charge in [-0.25, -0.2) is 4.79 Å². The number of carbonyl (C=O) groups is 2. The summed E-state index contributed by atoms with van der Waals surface area (Å²) in [6, 6.07) is 8.26. The van der Waals surface area contributed by atoms with Gasteiger partial charge < -0.3 is 15.3 Å². The highest BCUT2D eigenvalue weighted by Gasteiger charge is 2.14. The molecule has 0 aliphatic heterocycles. The van der Waals surface area contributed by atoms with Gasteiger partial charge in [0.25, 0.3) is 5.97 Å². The summed E-state index contributed by atoms with van der Waals surface area (Å²) in [7, 11) is 0. The van der Waals surface area contributed by atoms with Crippen LogP contribution < -0.4 is 0 Å². The largest absolute Gasteiger partial charge is 0.481 e. The van der Waals surface area contributed by atoms with Crippen molar-refractivity contribution < 1.29 is 24.9 Å². The van der Waals surface area contributed by atoms with E-state index in [1.165, 1.54) is 0 Å². The van der Waals surface area contributed by atoms with E-state index in [2.05, 4.69) is 0 Å². The number of hydrogen-bond donors (Lipinski definition) is 3. The standard InChI is InChI=1S/C8H8O3.C2H4O2/c9-7(8(10)11)6-4-2-1-3-5-6;1-2(3)4/h1-5,7,9H,(H,10,11);1H3,(H,3,4). The highest BCUT2D eigenvalue weighted by Crippen LogP contribution is 2.10. The molecule has 3 N–H and O–H groups in total. The van der Waals surface area contributed by atoms with Crippen molar-refractivity contribution >= 4 is 11.9 Å². The minimum atomic E-state index is -1.41. The van der Waals surface area contributed by atoms with Crippen LogP contribution in [-0.4, -0.2) is 27.3 Å². The van der Waals surface area contributed by atoms with Crippen LogP contribution in [0.3, 0.4) is 0 Å². The maximum atomic E-state index is 10.2. The average molecular weight is 212 g/mol. The Morgan fingerprint density at radius 3 is 1.87 bits per heavy atom. The smallest absolute Gasteiger partial charge is 0.337 e. The summed E-state index contributed by atoms with van der Waals surface area (Å²) in [5.41, 5.74) is 0.403. The number of aliphatic carboxylic acids is 2. The van der Waals surface area contributed by atoms with E-state index in [-0.39, 0.29) is 0 Å². The Hall–Kier alpha value is -1.88. The van der Waals surface area contributed by atoms with Gasteiger partial charge in [-0.2, -0.15) is 0 Å². The summed E-state index contributed by atoms with van der Waals surface area (Å²) < 4.78 is 0. The van der Waals surface area contributed by atoms with Gasteiger partial charge in [-0.1, -0.05) is 30.3 Å². The van der Waals surface area contributed by atoms with Crippen molar-refractivity contribution in [2.24, 2.45) is 0 Å². The lowest BCUT2D eigenvalue weighted by molar-refractivity contribution is -0.147. The summed E-state index contributed by atoms with van der Waals surface area (Å²) in [5.74, 6) is -2.06. The minimum absolute atomic E-state index is 0.403. The maximum Gasteiger partial charge on any atom is 0.337 e. The van der Waals surface area contributed by atoms with Crippen LogP contribution in [0, 0.1) is 0 Å². The molecule has 0 aliphatic rings. The van der Waals surface area contributed by atoms with Gasteiger partial charge in [-0.05, 0) is 5.56 Å². The van der Waals surface area contributed by atoms with E-state index < -0.39 is 18.0 Å². The Morgan fingerprint density at radius 1 is 1.13 bits per heavy atom. The molecule has 1 rings (SSSR count). The topological polar surface area (TPSA) is 94.8 Å². The first-order chi connectivity index (χ1) is 6.95. The fourth-order valence-electron chi connectivity index (χ4n) is 0.778. The van der Waals surface area contributed by atoms with Crippen LogP contribution in [0.2, 0.25) is 0 Å². The van der Waals surface area contributed by atoms with Crippen molar-refractivity contribution in [2.45, 2.75) is 13.0 Å². The minimum Gasteiger partial charge on any atom is -0.481 e. The molecule has 1 aromatic carbocycles. The van der Waals surface area contributed by atoms with Crippen LogP contribution in [0.5, 0.6) is 0 Å². The Labute approximate surface area is 86.6 Å². The van der Waals surface area contributed by atoms with Gasteiger partial charge in [0.05, 0.1) is 0 Å². The lowest BCUT2D eigenvalue weighted by atomic mass is 10.1. The predicted octanol–water partition coefficient (Wildman–Crippen LogP) is 0.895. The predicted molar refractivity (Wildman–Crippen MR) is 52.3 cm³/mol. The van der Waals surface area contributed by atoms with Crippen LogP contribution in [-0.2, 0) is 9.59 Å². The molecule has 0 heterocycles. The number of carboxylic acids is 2. The molecule has 0 aromatic heterocycles. The molecule has 1 atom stereocenters. The van der Waals surface area contributed by atoms with Crippen LogP contribution >= 0.6 is 0 Å². The lowest BCUT2D eigenvalue weighted by Crippen LogP contribution is -2.09. The van der Waals surface area contributed by atoms with Crippen molar-refractivity contribution in [1.82, 2.24) is 0 Å². The normalized spacial score (nSPS) is 10.8. The van der Waals surface area contributed by atoms with Gasteiger partial charge in [-0.3, -0.25) is 4.79 Å². The molecule has 0 bridgehead atoms. The van der Waals surface area contributed by atoms with Crippen molar-refractivity contribution in [3.8, 4) is 0 Å². The average Bonchev–Trinajstić information content (AvgIpc) is 2.17. The summed E-state index contributed by atoms with van der Waals surface area (Å²) in [4.78, 5) is 19.2. The van der Waals surface area contributed by atoms with E-state index in [9.17, 15) is 4.79 Å². The molecule has 0 radical (unpaired) electrons. The molecular weight excluding hydrogens is 200 g/mol. The van der Waals surface area contributed by atoms with Crippen molar-refractivity contribution in [3.05, 3.63) is 35.9 Å². The molecule has 5 heteroatoms. The van der Waals surface area contributed by atoms with E-state index in [0.29, 0.717) is 5.56 Å². The Bertz CT molecular complexity index is 316. The van der Waals surface area contributed by atoms with E-state index in [1.807, 2.05) is 0 Å². The molecule has 5 nitrogen and oxygen atoms in total. The maximum absolute atomic E-state index is 10.2. The number of rotatable bonds is 2. The number of aliphatic hydroxyl groups is 1. The zero-order valence-electron chi connectivity index (χ0n) is 8.12. The Morgan fingerprint density at radius 2 is 1.53 bits per heavy atom. The fraction of sp³-hybridized carbons (Fsp3) is 0.200. The number of aliphatic hydroxyl groups excluding tert-OH is 1. The van der Waals surface area contributed by atoms with Gasteiger partial charge in [0.2, 0.25) is 0 Å². The number of carboxylic acid groups (broad SMARTS) is 2. The molecule has 0 aliphatic carbocycles. The van der Waals surface area contributed by atoms with E-state index in [4.69, 9.17) is 20.1 Å². The molecule has 0 saturated heterocycles.